The van der Waals surface area contributed by atoms with Crippen LogP contribution in [0.2, 0.25) is 0 Å². The third kappa shape index (κ3) is 2.17. The van der Waals surface area contributed by atoms with E-state index in [0.717, 1.165) is 11.3 Å². The molecule has 7 nitrogen and oxygen atoms in total. The highest BCUT2D eigenvalue weighted by Gasteiger charge is 2.44. The summed E-state index contributed by atoms with van der Waals surface area (Å²) in [6, 6.07) is 0. The Morgan fingerprint density at radius 1 is 1.53 bits per heavy atom. The van der Waals surface area contributed by atoms with Gasteiger partial charge >= 0.3 is 0 Å². The van der Waals surface area contributed by atoms with Gasteiger partial charge in [0.25, 0.3) is 5.91 Å². The summed E-state index contributed by atoms with van der Waals surface area (Å²) in [7, 11) is 0. The summed E-state index contributed by atoms with van der Waals surface area (Å²) in [5, 5.41) is 28.6. The van der Waals surface area contributed by atoms with Gasteiger partial charge in [0, 0.05) is 0 Å². The van der Waals surface area contributed by atoms with E-state index in [9.17, 15) is 15.0 Å². The maximum atomic E-state index is 10.9. The van der Waals surface area contributed by atoms with Gasteiger partial charge in [-0.25, -0.2) is 4.98 Å². The number of primary amides is 1. The van der Waals surface area contributed by atoms with Crippen molar-refractivity contribution in [3.63, 3.8) is 0 Å². The summed E-state index contributed by atoms with van der Waals surface area (Å²) >= 11 is 0.993. The van der Waals surface area contributed by atoms with Gasteiger partial charge in [-0.1, -0.05) is 0 Å². The van der Waals surface area contributed by atoms with Crippen LogP contribution in [-0.4, -0.2) is 51.1 Å². The van der Waals surface area contributed by atoms with E-state index < -0.39 is 36.9 Å². The number of carbonyl (C=O) groups is 1. The fourth-order valence-electron chi connectivity index (χ4n) is 1.64. The van der Waals surface area contributed by atoms with Gasteiger partial charge < -0.3 is 25.8 Å². The molecule has 0 radical (unpaired) electrons. The summed E-state index contributed by atoms with van der Waals surface area (Å²) in [6.45, 7) is -0.400. The molecular weight excluding hydrogens is 248 g/mol. The molecule has 1 amide bonds. The number of carbonyl (C=O) groups excluding carboxylic acids is 1. The number of amides is 1. The lowest BCUT2D eigenvalue weighted by molar-refractivity contribution is -0.0228. The average molecular weight is 260 g/mol. The van der Waals surface area contributed by atoms with Gasteiger partial charge in [0.15, 0.2) is 0 Å². The van der Waals surface area contributed by atoms with Crippen LogP contribution < -0.4 is 5.73 Å². The van der Waals surface area contributed by atoms with E-state index in [-0.39, 0.29) is 4.88 Å². The molecule has 1 saturated heterocycles. The highest BCUT2D eigenvalue weighted by molar-refractivity contribution is 7.13. The predicted molar refractivity (Wildman–Crippen MR) is 57.3 cm³/mol. The zero-order valence-corrected chi connectivity index (χ0v) is 9.50. The first-order chi connectivity index (χ1) is 8.04. The van der Waals surface area contributed by atoms with Crippen LogP contribution in [0.1, 0.15) is 20.8 Å². The molecule has 0 bridgehead atoms. The molecule has 1 aliphatic heterocycles. The minimum absolute atomic E-state index is 0.248. The third-order valence-corrected chi connectivity index (χ3v) is 3.63. The summed E-state index contributed by atoms with van der Waals surface area (Å²) in [5.41, 5.74) is 5.08. The molecule has 0 aliphatic carbocycles. The summed E-state index contributed by atoms with van der Waals surface area (Å²) in [6.07, 6.45) is -2.77. The molecule has 0 saturated carbocycles. The number of hydrogen-bond acceptors (Lipinski definition) is 7. The van der Waals surface area contributed by atoms with Crippen molar-refractivity contribution in [2.24, 2.45) is 5.73 Å². The van der Waals surface area contributed by atoms with Gasteiger partial charge in [0.2, 0.25) is 0 Å². The third-order valence-electron chi connectivity index (χ3n) is 2.55. The van der Waals surface area contributed by atoms with Crippen molar-refractivity contribution in [2.75, 3.05) is 6.61 Å². The zero-order chi connectivity index (χ0) is 12.6. The Morgan fingerprint density at radius 3 is 2.71 bits per heavy atom. The zero-order valence-electron chi connectivity index (χ0n) is 8.68. The highest BCUT2D eigenvalue weighted by atomic mass is 32.1. The fraction of sp³-hybridized carbons (Fsp3) is 0.556. The number of aliphatic hydroxyl groups is 3. The van der Waals surface area contributed by atoms with E-state index in [2.05, 4.69) is 4.98 Å². The van der Waals surface area contributed by atoms with Crippen LogP contribution in [0, 0.1) is 0 Å². The first-order valence-electron chi connectivity index (χ1n) is 4.92. The van der Waals surface area contributed by atoms with Crippen molar-refractivity contribution in [1.29, 1.82) is 0 Å². The number of rotatable bonds is 3. The van der Waals surface area contributed by atoms with Crippen molar-refractivity contribution in [2.45, 2.75) is 24.4 Å². The Balaban J connectivity index is 2.19. The molecule has 4 atom stereocenters. The molecule has 1 aliphatic rings. The molecule has 2 rings (SSSR count). The van der Waals surface area contributed by atoms with E-state index in [0.29, 0.717) is 5.01 Å². The van der Waals surface area contributed by atoms with Crippen molar-refractivity contribution in [1.82, 2.24) is 4.98 Å². The maximum absolute atomic E-state index is 10.9. The van der Waals surface area contributed by atoms with Crippen LogP contribution in [0.5, 0.6) is 0 Å². The van der Waals surface area contributed by atoms with Crippen LogP contribution >= 0.6 is 11.3 Å². The van der Waals surface area contributed by atoms with Crippen LogP contribution in [-0.2, 0) is 4.74 Å². The summed E-state index contributed by atoms with van der Waals surface area (Å²) < 4.78 is 5.26. The molecule has 0 aromatic carbocycles. The van der Waals surface area contributed by atoms with Gasteiger partial charge in [-0.3, -0.25) is 4.79 Å². The molecule has 8 heteroatoms. The van der Waals surface area contributed by atoms with Crippen molar-refractivity contribution < 1.29 is 24.9 Å². The van der Waals surface area contributed by atoms with E-state index in [4.69, 9.17) is 15.6 Å². The number of hydrogen-bond donors (Lipinski definition) is 4. The fourth-order valence-corrected chi connectivity index (χ4v) is 2.48. The Kier molecular flexibility index (Phi) is 3.40. The summed E-state index contributed by atoms with van der Waals surface area (Å²) in [5.74, 6) is -0.611. The van der Waals surface area contributed by atoms with Gasteiger partial charge in [0.1, 0.15) is 34.3 Å². The molecule has 1 fully saturated rings. The number of ether oxygens (including phenoxy) is 1. The van der Waals surface area contributed by atoms with Crippen molar-refractivity contribution >= 4 is 17.2 Å². The van der Waals surface area contributed by atoms with Crippen LogP contribution in [0.25, 0.3) is 0 Å². The lowest BCUT2D eigenvalue weighted by atomic mass is 10.1. The second-order valence-electron chi connectivity index (χ2n) is 3.69. The smallest absolute Gasteiger partial charge is 0.260 e. The van der Waals surface area contributed by atoms with E-state index in [1.54, 1.807) is 0 Å². The van der Waals surface area contributed by atoms with E-state index >= 15 is 0 Å². The second-order valence-corrected chi connectivity index (χ2v) is 4.75. The highest BCUT2D eigenvalue weighted by Crippen LogP contribution is 2.35. The van der Waals surface area contributed by atoms with Crippen LogP contribution in [0.4, 0.5) is 0 Å². The van der Waals surface area contributed by atoms with Gasteiger partial charge in [-0.05, 0) is 0 Å². The number of aromatic nitrogens is 1. The Labute approximate surface area is 100 Å². The average Bonchev–Trinajstić information content (AvgIpc) is 2.87. The standard InChI is InChI=1S/C9H12N2O5S/c10-8(15)4-1-11-9(17-4)7-6(14)5(13)3(2-12)16-7/h1,3,5-7,12-14H,2H2,(H2,10,15)/t3-,5-,6-,7-/m1/s1. The second kappa shape index (κ2) is 4.67. The molecule has 2 heterocycles. The topological polar surface area (TPSA) is 126 Å². The molecule has 1 aromatic heterocycles. The number of nitrogens with two attached hydrogens (primary N) is 1. The number of aliphatic hydroxyl groups excluding tert-OH is 3. The molecule has 1 aromatic rings. The maximum Gasteiger partial charge on any atom is 0.260 e. The first kappa shape index (κ1) is 12.4. The Bertz CT molecular complexity index is 423. The predicted octanol–water partition coefficient (Wildman–Crippen LogP) is -1.60. The van der Waals surface area contributed by atoms with Gasteiger partial charge in [-0.15, -0.1) is 11.3 Å². The van der Waals surface area contributed by atoms with Crippen LogP contribution in [0.15, 0.2) is 6.20 Å². The van der Waals surface area contributed by atoms with Crippen molar-refractivity contribution in [3.8, 4) is 0 Å². The molecule has 5 N–H and O–H groups in total. The van der Waals surface area contributed by atoms with Gasteiger partial charge in [-0.2, -0.15) is 0 Å². The van der Waals surface area contributed by atoms with Gasteiger partial charge in [0.05, 0.1) is 12.8 Å². The molecule has 0 unspecified atom stereocenters. The lowest BCUT2D eigenvalue weighted by Crippen LogP contribution is -2.32. The van der Waals surface area contributed by atoms with Crippen LogP contribution in [0.3, 0.4) is 0 Å². The minimum atomic E-state index is -1.18. The Morgan fingerprint density at radius 2 is 2.24 bits per heavy atom. The number of thiazole rings is 1. The first-order valence-corrected chi connectivity index (χ1v) is 5.74. The monoisotopic (exact) mass is 260 g/mol. The number of nitrogens with zero attached hydrogens (tertiary/aromatic N) is 1. The molecular formula is C9H12N2O5S. The molecule has 17 heavy (non-hydrogen) atoms. The SMILES string of the molecule is NC(=O)c1cnc([C@@H]2O[C@H](CO)[C@@H](O)[C@H]2O)s1. The molecule has 94 valence electrons. The normalized spacial score (nSPS) is 32.9. The largest absolute Gasteiger partial charge is 0.394 e. The lowest BCUT2D eigenvalue weighted by Gasteiger charge is -2.11. The summed E-state index contributed by atoms with van der Waals surface area (Å²) in [4.78, 5) is 15.1. The quantitative estimate of drug-likeness (QED) is 0.518. The van der Waals surface area contributed by atoms with Crippen molar-refractivity contribution in [3.05, 3.63) is 16.1 Å². The molecule has 0 spiro atoms. The Hall–Kier alpha value is -1.06. The van der Waals surface area contributed by atoms with E-state index in [1.165, 1.54) is 6.20 Å². The van der Waals surface area contributed by atoms with E-state index in [1.807, 2.05) is 0 Å². The minimum Gasteiger partial charge on any atom is -0.394 e.